The summed E-state index contributed by atoms with van der Waals surface area (Å²) < 4.78 is 14.2. The Kier molecular flexibility index (Phi) is 4.95. The van der Waals surface area contributed by atoms with E-state index < -0.39 is 0 Å². The van der Waals surface area contributed by atoms with E-state index >= 15 is 0 Å². The van der Waals surface area contributed by atoms with Gasteiger partial charge in [0.05, 0.1) is 28.3 Å². The molecule has 1 fully saturated rings. The van der Waals surface area contributed by atoms with Gasteiger partial charge in [0.1, 0.15) is 5.82 Å². The highest BCUT2D eigenvalue weighted by molar-refractivity contribution is 7.18. The zero-order valence-electron chi connectivity index (χ0n) is 14.4. The molecule has 0 saturated carbocycles. The molecule has 1 aliphatic heterocycles. The van der Waals surface area contributed by atoms with Gasteiger partial charge >= 0.3 is 0 Å². The number of carbonyl (C=O) groups is 1. The topological polar surface area (TPSA) is 46.4 Å². The Morgan fingerprint density at radius 3 is 2.62 bits per heavy atom. The quantitative estimate of drug-likeness (QED) is 0.742. The monoisotopic (exact) mass is 370 g/mol. The summed E-state index contributed by atoms with van der Waals surface area (Å²) >= 11 is 1.79. The van der Waals surface area contributed by atoms with E-state index in [9.17, 15) is 9.18 Å². The second kappa shape index (κ2) is 7.51. The molecule has 4 nitrogen and oxygen atoms in total. The number of fused-ring (bicyclic) bond motifs is 1. The second-order valence-electron chi connectivity index (χ2n) is 6.78. The van der Waals surface area contributed by atoms with Gasteiger partial charge in [-0.25, -0.2) is 9.37 Å². The lowest BCUT2D eigenvalue weighted by molar-refractivity contribution is -0.897. The number of piperidine rings is 1. The summed E-state index contributed by atoms with van der Waals surface area (Å²) in [6.07, 6.45) is 2.11. The van der Waals surface area contributed by atoms with Crippen molar-refractivity contribution >= 4 is 33.1 Å². The molecule has 2 N–H and O–H groups in total. The Balaban J connectivity index is 1.30. The molecule has 1 amide bonds. The van der Waals surface area contributed by atoms with Crippen molar-refractivity contribution in [3.63, 3.8) is 0 Å². The summed E-state index contributed by atoms with van der Waals surface area (Å²) in [6, 6.07) is 14.1. The van der Waals surface area contributed by atoms with Gasteiger partial charge in [-0.15, -0.1) is 11.3 Å². The molecule has 26 heavy (non-hydrogen) atoms. The van der Waals surface area contributed by atoms with E-state index in [0.717, 1.165) is 31.4 Å². The van der Waals surface area contributed by atoms with E-state index in [2.05, 4.69) is 23.5 Å². The van der Waals surface area contributed by atoms with Crippen molar-refractivity contribution in [2.75, 3.05) is 25.0 Å². The number of thiazole rings is 1. The Bertz CT molecular complexity index is 868. The van der Waals surface area contributed by atoms with Crippen molar-refractivity contribution in [1.82, 2.24) is 4.98 Å². The number of hydrogen-bond donors (Lipinski definition) is 2. The molecule has 0 atom stereocenters. The van der Waals surface area contributed by atoms with Crippen LogP contribution < -0.4 is 10.2 Å². The number of nitrogens with zero attached hydrogens (tertiary/aromatic N) is 1. The van der Waals surface area contributed by atoms with Crippen LogP contribution in [0.5, 0.6) is 0 Å². The maximum absolute atomic E-state index is 12.9. The van der Waals surface area contributed by atoms with Crippen LogP contribution in [0.25, 0.3) is 10.2 Å². The highest BCUT2D eigenvalue weighted by atomic mass is 32.1. The number of halogens is 1. The fraction of sp³-hybridized carbons (Fsp3) is 0.300. The third kappa shape index (κ3) is 3.92. The van der Waals surface area contributed by atoms with Gasteiger partial charge in [-0.2, -0.15) is 0 Å². The van der Waals surface area contributed by atoms with E-state index in [-0.39, 0.29) is 11.7 Å². The minimum atomic E-state index is -0.300. The van der Waals surface area contributed by atoms with Gasteiger partial charge in [-0.3, -0.25) is 4.79 Å². The maximum atomic E-state index is 12.9. The van der Waals surface area contributed by atoms with Gasteiger partial charge in [0.2, 0.25) is 0 Å². The van der Waals surface area contributed by atoms with Crippen LogP contribution >= 0.6 is 11.3 Å². The lowest BCUT2D eigenvalue weighted by Gasteiger charge is -2.27. The van der Waals surface area contributed by atoms with Crippen LogP contribution in [0.2, 0.25) is 0 Å². The van der Waals surface area contributed by atoms with Crippen LogP contribution in [0.1, 0.15) is 23.8 Å². The standard InChI is InChI=1S/C20H20FN3OS/c21-15-5-7-16(8-6-15)22-19(25)13-24-11-9-14(10-12-24)20-23-17-3-1-2-4-18(17)26-20/h1-8,14H,9-13H2,(H,22,25)/p+1. The second-order valence-corrected chi connectivity index (χ2v) is 7.84. The van der Waals surface area contributed by atoms with Crippen LogP contribution in [0.15, 0.2) is 48.5 Å². The molecule has 6 heteroatoms. The first kappa shape index (κ1) is 17.1. The molecule has 0 unspecified atom stereocenters. The van der Waals surface area contributed by atoms with Gasteiger partial charge in [0.25, 0.3) is 5.91 Å². The van der Waals surface area contributed by atoms with Crippen LogP contribution in [-0.4, -0.2) is 30.5 Å². The SMILES string of the molecule is O=C(C[NH+]1CCC(c2nc3ccccc3s2)CC1)Nc1ccc(F)cc1. The molecule has 0 spiro atoms. The lowest BCUT2D eigenvalue weighted by Crippen LogP contribution is -3.14. The van der Waals surface area contributed by atoms with Crippen molar-refractivity contribution in [2.45, 2.75) is 18.8 Å². The maximum Gasteiger partial charge on any atom is 0.279 e. The fourth-order valence-electron chi connectivity index (χ4n) is 3.48. The Labute approximate surface area is 155 Å². The molecule has 0 radical (unpaired) electrons. The highest BCUT2D eigenvalue weighted by Crippen LogP contribution is 2.31. The first-order valence-corrected chi connectivity index (χ1v) is 9.73. The van der Waals surface area contributed by atoms with Crippen molar-refractivity contribution < 1.29 is 14.1 Å². The van der Waals surface area contributed by atoms with Crippen LogP contribution in [0.4, 0.5) is 10.1 Å². The van der Waals surface area contributed by atoms with E-state index in [1.54, 1.807) is 23.5 Å². The number of benzene rings is 2. The van der Waals surface area contributed by atoms with Crippen LogP contribution in [0.3, 0.4) is 0 Å². The smallest absolute Gasteiger partial charge is 0.279 e. The highest BCUT2D eigenvalue weighted by Gasteiger charge is 2.27. The molecule has 1 aromatic heterocycles. The molecule has 2 heterocycles. The van der Waals surface area contributed by atoms with Gasteiger partial charge in [-0.05, 0) is 36.4 Å². The minimum absolute atomic E-state index is 0.0231. The molecule has 3 aromatic rings. The van der Waals surface area contributed by atoms with E-state index in [0.29, 0.717) is 18.2 Å². The average Bonchev–Trinajstić information content (AvgIpc) is 3.08. The molecular weight excluding hydrogens is 349 g/mol. The van der Waals surface area contributed by atoms with Crippen LogP contribution in [0, 0.1) is 5.82 Å². The van der Waals surface area contributed by atoms with Gasteiger partial charge < -0.3 is 10.2 Å². The van der Waals surface area contributed by atoms with Crippen molar-refractivity contribution in [2.24, 2.45) is 0 Å². The number of anilines is 1. The number of carbonyl (C=O) groups excluding carboxylic acids is 1. The van der Waals surface area contributed by atoms with E-state index in [1.807, 2.05) is 6.07 Å². The molecule has 1 saturated heterocycles. The van der Waals surface area contributed by atoms with E-state index in [1.165, 1.54) is 26.7 Å². The first-order valence-electron chi connectivity index (χ1n) is 8.92. The summed E-state index contributed by atoms with van der Waals surface area (Å²) in [6.45, 7) is 2.39. The Morgan fingerprint density at radius 1 is 1.15 bits per heavy atom. The fourth-order valence-corrected chi connectivity index (χ4v) is 4.62. The van der Waals surface area contributed by atoms with E-state index in [4.69, 9.17) is 4.98 Å². The molecule has 1 aliphatic rings. The lowest BCUT2D eigenvalue weighted by atomic mass is 9.97. The summed E-state index contributed by atoms with van der Waals surface area (Å²) in [5.41, 5.74) is 1.72. The third-order valence-corrected chi connectivity index (χ3v) is 6.09. The van der Waals surface area contributed by atoms with Crippen LogP contribution in [-0.2, 0) is 4.79 Å². The number of hydrogen-bond acceptors (Lipinski definition) is 3. The third-order valence-electron chi connectivity index (χ3n) is 4.89. The molecular formula is C20H21FN3OS+. The van der Waals surface area contributed by atoms with Gasteiger partial charge in [0, 0.05) is 24.4 Å². The minimum Gasteiger partial charge on any atom is -0.327 e. The zero-order chi connectivity index (χ0) is 17.9. The van der Waals surface area contributed by atoms with Crippen molar-refractivity contribution in [3.8, 4) is 0 Å². The molecule has 2 aromatic carbocycles. The number of aromatic nitrogens is 1. The number of rotatable bonds is 4. The number of para-hydroxylation sites is 1. The molecule has 134 valence electrons. The Hall–Kier alpha value is -2.31. The number of likely N-dealkylation sites (tertiary alicyclic amines) is 1. The molecule has 4 rings (SSSR count). The van der Waals surface area contributed by atoms with Gasteiger partial charge in [0.15, 0.2) is 6.54 Å². The largest absolute Gasteiger partial charge is 0.327 e. The summed E-state index contributed by atoms with van der Waals surface area (Å²) in [4.78, 5) is 18.3. The van der Waals surface area contributed by atoms with Crippen molar-refractivity contribution in [3.05, 3.63) is 59.4 Å². The number of nitrogens with one attached hydrogen (secondary N) is 2. The number of amides is 1. The average molecular weight is 370 g/mol. The summed E-state index contributed by atoms with van der Waals surface area (Å²) in [5, 5.41) is 4.06. The molecule has 0 aliphatic carbocycles. The molecule has 0 bridgehead atoms. The zero-order valence-corrected chi connectivity index (χ0v) is 15.2. The van der Waals surface area contributed by atoms with Gasteiger partial charge in [-0.1, -0.05) is 12.1 Å². The normalized spacial score (nSPS) is 20.2. The number of quaternary nitrogens is 1. The summed E-state index contributed by atoms with van der Waals surface area (Å²) in [5.74, 6) is 0.173. The Morgan fingerprint density at radius 2 is 1.88 bits per heavy atom. The van der Waals surface area contributed by atoms with Crippen molar-refractivity contribution in [1.29, 1.82) is 0 Å². The predicted octanol–water partition coefficient (Wildman–Crippen LogP) is 2.84. The summed E-state index contributed by atoms with van der Waals surface area (Å²) in [7, 11) is 0. The first-order chi connectivity index (χ1) is 12.7. The predicted molar refractivity (Wildman–Crippen MR) is 102 cm³/mol.